The van der Waals surface area contributed by atoms with Crippen LogP contribution in [-0.2, 0) is 11.8 Å². The molecule has 0 spiro atoms. The highest BCUT2D eigenvalue weighted by atomic mass is 32.2. The smallest absolute Gasteiger partial charge is 0.234 e. The standard InChI is InChI=1S/C22H25N3O2S/c1-14-10-15(2)21(16(3)11-14)24-20(26)13-28-22-23-12-19(25(22)4)17-6-8-18(27-5)9-7-17/h6-12H,13H2,1-5H3,(H,24,26). The fraction of sp³-hybridized carbons (Fsp3) is 0.273. The number of anilines is 1. The summed E-state index contributed by atoms with van der Waals surface area (Å²) in [6.45, 7) is 6.09. The molecule has 2 aromatic carbocycles. The molecule has 28 heavy (non-hydrogen) atoms. The summed E-state index contributed by atoms with van der Waals surface area (Å²) in [4.78, 5) is 16.9. The van der Waals surface area contributed by atoms with Crippen LogP contribution in [0.1, 0.15) is 16.7 Å². The molecule has 0 bridgehead atoms. The number of methoxy groups -OCH3 is 1. The van der Waals surface area contributed by atoms with E-state index in [4.69, 9.17) is 4.74 Å². The Hall–Kier alpha value is -2.73. The van der Waals surface area contributed by atoms with Crippen LogP contribution >= 0.6 is 11.8 Å². The van der Waals surface area contributed by atoms with Crippen LogP contribution in [0, 0.1) is 20.8 Å². The number of amides is 1. The molecular formula is C22H25N3O2S. The number of ether oxygens (including phenoxy) is 1. The van der Waals surface area contributed by atoms with Gasteiger partial charge in [-0.05, 0) is 56.2 Å². The maximum atomic E-state index is 12.5. The summed E-state index contributed by atoms with van der Waals surface area (Å²) >= 11 is 1.43. The van der Waals surface area contributed by atoms with E-state index in [-0.39, 0.29) is 5.91 Å². The lowest BCUT2D eigenvalue weighted by Crippen LogP contribution is -2.16. The second-order valence-electron chi connectivity index (χ2n) is 6.82. The van der Waals surface area contributed by atoms with E-state index in [0.717, 1.165) is 39.0 Å². The van der Waals surface area contributed by atoms with E-state index >= 15 is 0 Å². The first-order valence-corrected chi connectivity index (χ1v) is 10.0. The minimum atomic E-state index is -0.0333. The Labute approximate surface area is 170 Å². The predicted molar refractivity (Wildman–Crippen MR) is 115 cm³/mol. The summed E-state index contributed by atoms with van der Waals surface area (Å²) in [5.41, 5.74) is 6.30. The highest BCUT2D eigenvalue weighted by molar-refractivity contribution is 7.99. The molecule has 1 aromatic heterocycles. The van der Waals surface area contributed by atoms with Crippen molar-refractivity contribution in [3.05, 3.63) is 59.3 Å². The number of nitrogens with one attached hydrogen (secondary N) is 1. The Kier molecular flexibility index (Phi) is 6.09. The van der Waals surface area contributed by atoms with E-state index in [9.17, 15) is 4.79 Å². The van der Waals surface area contributed by atoms with Crippen LogP contribution in [0.2, 0.25) is 0 Å². The minimum absolute atomic E-state index is 0.0333. The third-order valence-electron chi connectivity index (χ3n) is 4.61. The van der Waals surface area contributed by atoms with Gasteiger partial charge >= 0.3 is 0 Å². The molecule has 1 heterocycles. The molecule has 0 unspecified atom stereocenters. The lowest BCUT2D eigenvalue weighted by molar-refractivity contribution is -0.113. The number of aryl methyl sites for hydroxylation is 3. The molecule has 3 rings (SSSR count). The molecule has 0 fully saturated rings. The zero-order chi connectivity index (χ0) is 20.3. The number of carbonyl (C=O) groups is 1. The average molecular weight is 396 g/mol. The first kappa shape index (κ1) is 20.0. The van der Waals surface area contributed by atoms with Gasteiger partial charge < -0.3 is 14.6 Å². The molecule has 5 nitrogen and oxygen atoms in total. The third-order valence-corrected chi connectivity index (χ3v) is 5.65. The van der Waals surface area contributed by atoms with Gasteiger partial charge in [0.15, 0.2) is 5.16 Å². The van der Waals surface area contributed by atoms with E-state index in [2.05, 4.69) is 29.4 Å². The van der Waals surface area contributed by atoms with Gasteiger partial charge in [0.2, 0.25) is 5.91 Å². The molecule has 3 aromatic rings. The summed E-state index contributed by atoms with van der Waals surface area (Å²) < 4.78 is 7.21. The molecule has 0 aliphatic carbocycles. The Balaban J connectivity index is 1.66. The highest BCUT2D eigenvalue weighted by Crippen LogP contribution is 2.27. The van der Waals surface area contributed by atoms with Crippen molar-refractivity contribution in [3.8, 4) is 17.0 Å². The molecule has 0 aliphatic heterocycles. The van der Waals surface area contributed by atoms with E-state index in [1.165, 1.54) is 17.3 Å². The van der Waals surface area contributed by atoms with Crippen molar-refractivity contribution < 1.29 is 9.53 Å². The summed E-state index contributed by atoms with van der Waals surface area (Å²) in [6.07, 6.45) is 1.83. The summed E-state index contributed by atoms with van der Waals surface area (Å²) in [5.74, 6) is 1.09. The second-order valence-corrected chi connectivity index (χ2v) is 7.77. The lowest BCUT2D eigenvalue weighted by atomic mass is 10.1. The molecule has 1 N–H and O–H groups in total. The van der Waals surface area contributed by atoms with Crippen LogP contribution in [0.25, 0.3) is 11.3 Å². The monoisotopic (exact) mass is 395 g/mol. The van der Waals surface area contributed by atoms with Crippen molar-refractivity contribution in [2.45, 2.75) is 25.9 Å². The highest BCUT2D eigenvalue weighted by Gasteiger charge is 2.13. The van der Waals surface area contributed by atoms with E-state index in [1.54, 1.807) is 7.11 Å². The molecule has 0 aliphatic rings. The van der Waals surface area contributed by atoms with Gasteiger partial charge in [0.25, 0.3) is 0 Å². The molecule has 6 heteroatoms. The number of rotatable bonds is 6. The van der Waals surface area contributed by atoms with Gasteiger partial charge in [0, 0.05) is 18.3 Å². The Bertz CT molecular complexity index is 971. The number of nitrogens with zero attached hydrogens (tertiary/aromatic N) is 2. The van der Waals surface area contributed by atoms with Crippen molar-refractivity contribution in [1.29, 1.82) is 0 Å². The Morgan fingerprint density at radius 1 is 1.14 bits per heavy atom. The zero-order valence-electron chi connectivity index (χ0n) is 16.9. The number of thioether (sulfide) groups is 1. The molecule has 146 valence electrons. The van der Waals surface area contributed by atoms with Gasteiger partial charge in [-0.2, -0.15) is 0 Å². The molecule has 0 atom stereocenters. The van der Waals surface area contributed by atoms with Crippen LogP contribution in [0.3, 0.4) is 0 Å². The van der Waals surface area contributed by atoms with Gasteiger partial charge in [-0.1, -0.05) is 29.5 Å². The number of hydrogen-bond acceptors (Lipinski definition) is 4. The topological polar surface area (TPSA) is 56.1 Å². The maximum absolute atomic E-state index is 12.5. The van der Waals surface area contributed by atoms with Crippen molar-refractivity contribution in [1.82, 2.24) is 9.55 Å². The molecule has 0 saturated carbocycles. The van der Waals surface area contributed by atoms with Crippen LogP contribution in [0.15, 0.2) is 47.8 Å². The summed E-state index contributed by atoms with van der Waals surface area (Å²) in [7, 11) is 3.61. The number of aromatic nitrogens is 2. The molecular weight excluding hydrogens is 370 g/mol. The number of benzene rings is 2. The first-order chi connectivity index (χ1) is 13.4. The van der Waals surface area contributed by atoms with Crippen LogP contribution < -0.4 is 10.1 Å². The quantitative estimate of drug-likeness (QED) is 0.612. The Morgan fingerprint density at radius 3 is 2.39 bits per heavy atom. The van der Waals surface area contributed by atoms with Crippen molar-refractivity contribution in [2.75, 3.05) is 18.2 Å². The van der Waals surface area contributed by atoms with E-state index in [0.29, 0.717) is 5.75 Å². The van der Waals surface area contributed by atoms with Crippen LogP contribution in [0.4, 0.5) is 5.69 Å². The van der Waals surface area contributed by atoms with Gasteiger partial charge in [0.05, 0.1) is 24.8 Å². The van der Waals surface area contributed by atoms with Crippen LogP contribution in [-0.4, -0.2) is 28.3 Å². The lowest BCUT2D eigenvalue weighted by Gasteiger charge is -2.12. The van der Waals surface area contributed by atoms with Crippen molar-refractivity contribution in [3.63, 3.8) is 0 Å². The van der Waals surface area contributed by atoms with Crippen molar-refractivity contribution >= 4 is 23.4 Å². The fourth-order valence-electron chi connectivity index (χ4n) is 3.24. The SMILES string of the molecule is COc1ccc(-c2cnc(SCC(=O)Nc3c(C)cc(C)cc3C)n2C)cc1. The van der Waals surface area contributed by atoms with E-state index in [1.807, 2.05) is 55.9 Å². The van der Waals surface area contributed by atoms with Crippen LogP contribution in [0.5, 0.6) is 5.75 Å². The molecule has 0 saturated heterocycles. The van der Waals surface area contributed by atoms with Gasteiger partial charge in [0.1, 0.15) is 5.75 Å². The normalized spacial score (nSPS) is 10.8. The largest absolute Gasteiger partial charge is 0.497 e. The van der Waals surface area contributed by atoms with Crippen molar-refractivity contribution in [2.24, 2.45) is 7.05 Å². The van der Waals surface area contributed by atoms with Gasteiger partial charge in [-0.25, -0.2) is 4.98 Å². The number of carbonyl (C=O) groups excluding carboxylic acids is 1. The number of imidazole rings is 1. The maximum Gasteiger partial charge on any atom is 0.234 e. The van der Waals surface area contributed by atoms with Gasteiger partial charge in [-0.15, -0.1) is 0 Å². The third kappa shape index (κ3) is 4.39. The number of hydrogen-bond donors (Lipinski definition) is 1. The summed E-state index contributed by atoms with van der Waals surface area (Å²) in [6, 6.07) is 12.0. The predicted octanol–water partition coefficient (Wildman–Crippen LogP) is 4.75. The summed E-state index contributed by atoms with van der Waals surface area (Å²) in [5, 5.41) is 3.84. The molecule has 0 radical (unpaired) electrons. The molecule has 1 amide bonds. The second kappa shape index (κ2) is 8.52. The van der Waals surface area contributed by atoms with Gasteiger partial charge in [-0.3, -0.25) is 4.79 Å². The zero-order valence-corrected chi connectivity index (χ0v) is 17.7. The average Bonchev–Trinajstić information content (AvgIpc) is 3.03. The fourth-order valence-corrected chi connectivity index (χ4v) is 3.99. The first-order valence-electron chi connectivity index (χ1n) is 9.05. The van der Waals surface area contributed by atoms with E-state index < -0.39 is 0 Å². The minimum Gasteiger partial charge on any atom is -0.497 e. The Morgan fingerprint density at radius 2 is 1.79 bits per heavy atom.